The zero-order chi connectivity index (χ0) is 9.05. The molecule has 1 nitrogen and oxygen atoms in total. The summed E-state index contributed by atoms with van der Waals surface area (Å²) < 4.78 is 0. The van der Waals surface area contributed by atoms with Crippen LogP contribution in [0.25, 0.3) is 0 Å². The highest BCUT2D eigenvalue weighted by atomic mass is 32.1. The van der Waals surface area contributed by atoms with Gasteiger partial charge in [-0.15, -0.1) is 0 Å². The van der Waals surface area contributed by atoms with Crippen molar-refractivity contribution in [1.82, 2.24) is 0 Å². The van der Waals surface area contributed by atoms with Crippen molar-refractivity contribution >= 4 is 17.1 Å². The number of rotatable bonds is 1. The Bertz CT molecular complexity index is 243. The molecule has 4 rings (SSSR count). The van der Waals surface area contributed by atoms with Gasteiger partial charge >= 0.3 is 0 Å². The lowest BCUT2D eigenvalue weighted by Gasteiger charge is -2.56. The molecule has 0 spiro atoms. The van der Waals surface area contributed by atoms with Gasteiger partial charge < -0.3 is 5.73 Å². The summed E-state index contributed by atoms with van der Waals surface area (Å²) in [4.78, 5) is 1.40. The molecule has 2 heteroatoms. The maximum absolute atomic E-state index is 5.93. The second kappa shape index (κ2) is 2.54. The molecule has 4 aliphatic rings. The molecule has 4 fully saturated rings. The number of thiocarbonyl (C=S) groups is 1. The molecule has 0 amide bonds. The minimum absolute atomic E-state index is 0.513. The molecular formula is C11H17NS. The van der Waals surface area contributed by atoms with Gasteiger partial charge in [0, 0.05) is 0 Å². The molecule has 2 unspecified atom stereocenters. The van der Waals surface area contributed by atoms with E-state index in [0.717, 1.165) is 24.3 Å². The van der Waals surface area contributed by atoms with E-state index in [1.54, 1.807) is 0 Å². The standard InChI is InChI=1S/C11H17NS/c12-6-11-3-7-1-8(4-11)10(13)9(2-7)5-11/h7-9H,1-6,12H2. The van der Waals surface area contributed by atoms with Crippen LogP contribution in [-0.4, -0.2) is 11.4 Å². The Kier molecular flexibility index (Phi) is 1.64. The van der Waals surface area contributed by atoms with Gasteiger partial charge in [0.2, 0.25) is 0 Å². The first-order valence-corrected chi connectivity index (χ1v) is 5.87. The Morgan fingerprint density at radius 3 is 2.38 bits per heavy atom. The van der Waals surface area contributed by atoms with Crippen LogP contribution in [0.3, 0.4) is 0 Å². The summed E-state index contributed by atoms with van der Waals surface area (Å²) in [6, 6.07) is 0. The Morgan fingerprint density at radius 1 is 1.23 bits per heavy atom. The largest absolute Gasteiger partial charge is 0.330 e. The van der Waals surface area contributed by atoms with Crippen molar-refractivity contribution in [2.75, 3.05) is 6.54 Å². The predicted octanol–water partition coefficient (Wildman–Crippen LogP) is 2.14. The van der Waals surface area contributed by atoms with Crippen molar-refractivity contribution in [3.8, 4) is 0 Å². The zero-order valence-electron chi connectivity index (χ0n) is 7.96. The highest BCUT2D eigenvalue weighted by molar-refractivity contribution is 7.80. The first kappa shape index (κ1) is 8.37. The lowest BCUT2D eigenvalue weighted by Crippen LogP contribution is -2.53. The summed E-state index contributed by atoms with van der Waals surface area (Å²) >= 11 is 5.53. The summed E-state index contributed by atoms with van der Waals surface area (Å²) in [5, 5.41) is 0. The van der Waals surface area contributed by atoms with Crippen LogP contribution in [0, 0.1) is 23.2 Å². The van der Waals surface area contributed by atoms with Crippen LogP contribution in [0.4, 0.5) is 0 Å². The zero-order valence-corrected chi connectivity index (χ0v) is 8.78. The minimum atomic E-state index is 0.513. The van der Waals surface area contributed by atoms with Crippen LogP contribution < -0.4 is 5.73 Å². The second-order valence-corrected chi connectivity index (χ2v) is 5.92. The van der Waals surface area contributed by atoms with Crippen LogP contribution in [0.5, 0.6) is 0 Å². The highest BCUT2D eigenvalue weighted by Crippen LogP contribution is 2.58. The summed E-state index contributed by atoms with van der Waals surface area (Å²) in [5.74, 6) is 2.50. The highest BCUT2D eigenvalue weighted by Gasteiger charge is 2.52. The van der Waals surface area contributed by atoms with Gasteiger partial charge in [0.25, 0.3) is 0 Å². The van der Waals surface area contributed by atoms with Crippen LogP contribution in [0.1, 0.15) is 32.1 Å². The van der Waals surface area contributed by atoms with Crippen molar-refractivity contribution in [1.29, 1.82) is 0 Å². The lowest BCUT2D eigenvalue weighted by atomic mass is 9.49. The molecule has 4 bridgehead atoms. The van der Waals surface area contributed by atoms with Crippen LogP contribution in [0.2, 0.25) is 0 Å². The predicted molar refractivity (Wildman–Crippen MR) is 57.6 cm³/mol. The maximum Gasteiger partial charge on any atom is -0.000905 e. The molecule has 72 valence electrons. The van der Waals surface area contributed by atoms with Gasteiger partial charge in [-0.25, -0.2) is 0 Å². The third-order valence-corrected chi connectivity index (χ3v) is 5.22. The quantitative estimate of drug-likeness (QED) is 0.649. The van der Waals surface area contributed by atoms with Gasteiger partial charge in [-0.3, -0.25) is 0 Å². The first-order valence-electron chi connectivity index (χ1n) is 5.46. The van der Waals surface area contributed by atoms with E-state index in [1.807, 2.05) is 0 Å². The molecule has 0 aromatic heterocycles. The maximum atomic E-state index is 5.93. The van der Waals surface area contributed by atoms with E-state index in [-0.39, 0.29) is 0 Å². The van der Waals surface area contributed by atoms with E-state index in [0.29, 0.717) is 5.41 Å². The number of hydrogen-bond acceptors (Lipinski definition) is 2. The van der Waals surface area contributed by atoms with Crippen molar-refractivity contribution in [3.05, 3.63) is 0 Å². The molecule has 0 radical (unpaired) electrons. The summed E-state index contributed by atoms with van der Waals surface area (Å²) in [6.45, 7) is 0.902. The Hall–Kier alpha value is 0.0500. The molecule has 0 heterocycles. The Labute approximate surface area is 85.1 Å². The molecule has 2 atom stereocenters. The monoisotopic (exact) mass is 195 g/mol. The van der Waals surface area contributed by atoms with Gasteiger partial charge in [0.15, 0.2) is 0 Å². The van der Waals surface area contributed by atoms with Crippen molar-refractivity contribution < 1.29 is 0 Å². The van der Waals surface area contributed by atoms with Gasteiger partial charge in [-0.05, 0) is 66.7 Å². The fourth-order valence-corrected chi connectivity index (χ4v) is 4.52. The van der Waals surface area contributed by atoms with Gasteiger partial charge in [-0.2, -0.15) is 0 Å². The van der Waals surface area contributed by atoms with E-state index in [2.05, 4.69) is 0 Å². The van der Waals surface area contributed by atoms with Crippen LogP contribution >= 0.6 is 12.2 Å². The molecule has 4 aliphatic carbocycles. The third-order valence-electron chi connectivity index (χ3n) is 4.55. The van der Waals surface area contributed by atoms with Gasteiger partial charge in [0.05, 0.1) is 0 Å². The molecule has 4 saturated carbocycles. The second-order valence-electron chi connectivity index (χ2n) is 5.45. The molecule has 2 N–H and O–H groups in total. The molecule has 0 aromatic carbocycles. The third kappa shape index (κ3) is 1.05. The lowest BCUT2D eigenvalue weighted by molar-refractivity contribution is 0.0246. The smallest absolute Gasteiger partial charge is 0.000905 e. The van der Waals surface area contributed by atoms with Crippen LogP contribution in [0.15, 0.2) is 0 Å². The fourth-order valence-electron chi connectivity index (χ4n) is 4.16. The van der Waals surface area contributed by atoms with E-state index in [4.69, 9.17) is 18.0 Å². The van der Waals surface area contributed by atoms with E-state index in [9.17, 15) is 0 Å². The Morgan fingerprint density at radius 2 is 1.85 bits per heavy atom. The SMILES string of the molecule is NCC12CC3CC(C1)C(=S)C(C3)C2. The molecular weight excluding hydrogens is 178 g/mol. The van der Waals surface area contributed by atoms with Crippen molar-refractivity contribution in [2.24, 2.45) is 28.9 Å². The summed E-state index contributed by atoms with van der Waals surface area (Å²) in [5.41, 5.74) is 6.44. The molecule has 0 saturated heterocycles. The summed E-state index contributed by atoms with van der Waals surface area (Å²) in [6.07, 6.45) is 6.80. The van der Waals surface area contributed by atoms with Crippen molar-refractivity contribution in [2.45, 2.75) is 32.1 Å². The normalized spacial score (nSPS) is 53.0. The topological polar surface area (TPSA) is 26.0 Å². The molecule has 13 heavy (non-hydrogen) atoms. The number of hydrogen-bond donors (Lipinski definition) is 1. The van der Waals surface area contributed by atoms with E-state index >= 15 is 0 Å². The number of nitrogens with two attached hydrogens (primary N) is 1. The van der Waals surface area contributed by atoms with E-state index < -0.39 is 0 Å². The molecule has 0 aromatic rings. The van der Waals surface area contributed by atoms with Crippen LogP contribution in [-0.2, 0) is 0 Å². The van der Waals surface area contributed by atoms with Gasteiger partial charge in [0.1, 0.15) is 0 Å². The van der Waals surface area contributed by atoms with Gasteiger partial charge in [-0.1, -0.05) is 12.2 Å². The van der Waals surface area contributed by atoms with E-state index in [1.165, 1.54) is 37.0 Å². The Balaban J connectivity index is 1.96. The average molecular weight is 195 g/mol. The first-order chi connectivity index (χ1) is 6.22. The fraction of sp³-hybridized carbons (Fsp3) is 0.909. The summed E-state index contributed by atoms with van der Waals surface area (Å²) in [7, 11) is 0. The molecule has 0 aliphatic heterocycles. The average Bonchev–Trinajstić information content (AvgIpc) is 2.13. The van der Waals surface area contributed by atoms with Crippen molar-refractivity contribution in [3.63, 3.8) is 0 Å². The minimum Gasteiger partial charge on any atom is -0.330 e.